The average Bonchev–Trinajstić information content (AvgIpc) is 2.62. The monoisotopic (exact) mass is 460 g/mol. The van der Waals surface area contributed by atoms with Crippen molar-refractivity contribution in [2.75, 3.05) is 43.0 Å². The number of hydrogen-bond acceptors (Lipinski definition) is 5. The molecule has 0 unspecified atom stereocenters. The molecule has 9 heteroatoms. The number of anilines is 2. The Morgan fingerprint density at radius 2 is 1.92 bits per heavy atom. The van der Waals surface area contributed by atoms with Crippen LogP contribution in [0.4, 0.5) is 11.4 Å². The molecule has 1 heterocycles. The number of methoxy groups -OCH3 is 1. The SMILES string of the molecule is COc1ccc(Br)cc1S(=O)(=O)Nc1cc(Cl)ccc1N1CCOCC1. The van der Waals surface area contributed by atoms with E-state index in [0.29, 0.717) is 41.5 Å². The number of ether oxygens (including phenoxy) is 2. The van der Waals surface area contributed by atoms with E-state index >= 15 is 0 Å². The second-order valence-corrected chi connectivity index (χ2v) is 8.66. The number of sulfonamides is 1. The molecular weight excluding hydrogens is 444 g/mol. The van der Waals surface area contributed by atoms with Gasteiger partial charge in [0.1, 0.15) is 10.6 Å². The largest absolute Gasteiger partial charge is 0.495 e. The number of nitrogens with zero attached hydrogens (tertiary/aromatic N) is 1. The highest BCUT2D eigenvalue weighted by molar-refractivity contribution is 9.10. The van der Waals surface area contributed by atoms with E-state index in [0.717, 1.165) is 5.69 Å². The molecule has 0 aliphatic carbocycles. The number of halogens is 2. The van der Waals surface area contributed by atoms with Gasteiger partial charge in [0.2, 0.25) is 0 Å². The van der Waals surface area contributed by atoms with E-state index in [1.54, 1.807) is 24.3 Å². The van der Waals surface area contributed by atoms with Gasteiger partial charge in [-0.25, -0.2) is 8.42 Å². The first-order chi connectivity index (χ1) is 12.4. The van der Waals surface area contributed by atoms with Crippen molar-refractivity contribution in [1.29, 1.82) is 0 Å². The molecule has 6 nitrogen and oxygen atoms in total. The minimum atomic E-state index is -3.88. The molecule has 0 saturated carbocycles. The molecule has 0 bridgehead atoms. The van der Waals surface area contributed by atoms with Crippen molar-refractivity contribution >= 4 is 48.9 Å². The van der Waals surface area contributed by atoms with Gasteiger partial charge in [0, 0.05) is 22.6 Å². The molecule has 26 heavy (non-hydrogen) atoms. The van der Waals surface area contributed by atoms with Crippen LogP contribution in [0.3, 0.4) is 0 Å². The van der Waals surface area contributed by atoms with Gasteiger partial charge in [-0.1, -0.05) is 27.5 Å². The third-order valence-electron chi connectivity index (χ3n) is 3.97. The summed E-state index contributed by atoms with van der Waals surface area (Å²) in [7, 11) is -2.45. The van der Waals surface area contributed by atoms with Crippen molar-refractivity contribution in [2.45, 2.75) is 4.90 Å². The Morgan fingerprint density at radius 3 is 2.62 bits per heavy atom. The molecule has 1 aliphatic heterocycles. The van der Waals surface area contributed by atoms with E-state index in [9.17, 15) is 8.42 Å². The maximum atomic E-state index is 13.0. The predicted molar refractivity (Wildman–Crippen MR) is 106 cm³/mol. The van der Waals surface area contributed by atoms with Gasteiger partial charge in [-0.3, -0.25) is 4.72 Å². The van der Waals surface area contributed by atoms with Gasteiger partial charge in [-0.05, 0) is 36.4 Å². The summed E-state index contributed by atoms with van der Waals surface area (Å²) in [6, 6.07) is 9.97. The van der Waals surface area contributed by atoms with Gasteiger partial charge in [-0.15, -0.1) is 0 Å². The molecule has 140 valence electrons. The van der Waals surface area contributed by atoms with Crippen LogP contribution in [0.5, 0.6) is 5.75 Å². The van der Waals surface area contributed by atoms with Crippen molar-refractivity contribution in [3.8, 4) is 5.75 Å². The smallest absolute Gasteiger partial charge is 0.265 e. The summed E-state index contributed by atoms with van der Waals surface area (Å²) in [5, 5.41) is 0.445. The van der Waals surface area contributed by atoms with Crippen molar-refractivity contribution in [2.24, 2.45) is 0 Å². The van der Waals surface area contributed by atoms with Gasteiger partial charge < -0.3 is 14.4 Å². The average molecular weight is 462 g/mol. The minimum Gasteiger partial charge on any atom is -0.495 e. The van der Waals surface area contributed by atoms with Crippen LogP contribution in [-0.2, 0) is 14.8 Å². The van der Waals surface area contributed by atoms with Gasteiger partial charge in [0.15, 0.2) is 0 Å². The molecule has 1 N–H and O–H groups in total. The Bertz CT molecular complexity index is 902. The van der Waals surface area contributed by atoms with Crippen molar-refractivity contribution in [3.05, 3.63) is 45.9 Å². The number of rotatable bonds is 5. The van der Waals surface area contributed by atoms with E-state index in [-0.39, 0.29) is 10.6 Å². The summed E-state index contributed by atoms with van der Waals surface area (Å²) >= 11 is 9.41. The summed E-state index contributed by atoms with van der Waals surface area (Å²) in [4.78, 5) is 2.11. The van der Waals surface area contributed by atoms with Gasteiger partial charge in [-0.2, -0.15) is 0 Å². The molecule has 0 amide bonds. The highest BCUT2D eigenvalue weighted by Gasteiger charge is 2.23. The van der Waals surface area contributed by atoms with Crippen LogP contribution in [0.2, 0.25) is 5.02 Å². The van der Waals surface area contributed by atoms with E-state index in [1.807, 2.05) is 6.07 Å². The van der Waals surface area contributed by atoms with Crippen LogP contribution in [0.1, 0.15) is 0 Å². The predicted octanol–water partition coefficient (Wildman–Crippen LogP) is 3.75. The number of morpholine rings is 1. The van der Waals surface area contributed by atoms with Crippen LogP contribution in [0.25, 0.3) is 0 Å². The summed E-state index contributed by atoms with van der Waals surface area (Å²) in [6.45, 7) is 2.54. The second-order valence-electron chi connectivity index (χ2n) is 5.66. The zero-order valence-corrected chi connectivity index (χ0v) is 17.2. The van der Waals surface area contributed by atoms with Crippen LogP contribution in [-0.4, -0.2) is 41.8 Å². The summed E-state index contributed by atoms with van der Waals surface area (Å²) in [6.07, 6.45) is 0. The molecular formula is C17H18BrClN2O4S. The molecule has 0 atom stereocenters. The molecule has 2 aromatic rings. The van der Waals surface area contributed by atoms with E-state index in [1.165, 1.54) is 13.2 Å². The second kappa shape index (κ2) is 8.04. The molecule has 3 rings (SSSR count). The van der Waals surface area contributed by atoms with Crippen LogP contribution in [0.15, 0.2) is 45.8 Å². The minimum absolute atomic E-state index is 0.0438. The van der Waals surface area contributed by atoms with Crippen LogP contribution >= 0.6 is 27.5 Å². The molecule has 1 fully saturated rings. The van der Waals surface area contributed by atoms with Crippen LogP contribution < -0.4 is 14.4 Å². The molecule has 2 aromatic carbocycles. The summed E-state index contributed by atoms with van der Waals surface area (Å²) in [5.74, 6) is 0.260. The molecule has 1 saturated heterocycles. The summed E-state index contributed by atoms with van der Waals surface area (Å²) < 4.78 is 39.8. The Labute approximate surface area is 166 Å². The van der Waals surface area contributed by atoms with E-state index in [2.05, 4.69) is 25.6 Å². The number of hydrogen-bond donors (Lipinski definition) is 1. The highest BCUT2D eigenvalue weighted by Crippen LogP contribution is 2.34. The Hall–Kier alpha value is -1.48. The van der Waals surface area contributed by atoms with Crippen LogP contribution in [0, 0.1) is 0 Å². The fraction of sp³-hybridized carbons (Fsp3) is 0.294. The highest BCUT2D eigenvalue weighted by atomic mass is 79.9. The lowest BCUT2D eigenvalue weighted by Gasteiger charge is -2.30. The maximum Gasteiger partial charge on any atom is 0.265 e. The standard InChI is InChI=1S/C17H18BrClN2O4S/c1-24-16-5-2-12(18)10-17(16)26(22,23)20-14-11-13(19)3-4-15(14)21-6-8-25-9-7-21/h2-5,10-11,20H,6-9H2,1H3. The number of benzene rings is 2. The maximum absolute atomic E-state index is 13.0. The fourth-order valence-corrected chi connectivity index (χ4v) is 4.68. The Kier molecular flexibility index (Phi) is 5.96. The first-order valence-electron chi connectivity index (χ1n) is 7.89. The lowest BCUT2D eigenvalue weighted by Crippen LogP contribution is -2.36. The third kappa shape index (κ3) is 4.25. The normalized spacial score (nSPS) is 15.0. The Balaban J connectivity index is 2.00. The summed E-state index contributed by atoms with van der Waals surface area (Å²) in [5.41, 5.74) is 1.18. The first-order valence-corrected chi connectivity index (χ1v) is 10.5. The Morgan fingerprint density at radius 1 is 1.19 bits per heavy atom. The molecule has 0 radical (unpaired) electrons. The first kappa shape index (κ1) is 19.3. The quantitative estimate of drug-likeness (QED) is 0.734. The topological polar surface area (TPSA) is 67.9 Å². The van der Waals surface area contributed by atoms with E-state index in [4.69, 9.17) is 21.1 Å². The molecule has 1 aliphatic rings. The van der Waals surface area contributed by atoms with Gasteiger partial charge in [0.25, 0.3) is 10.0 Å². The van der Waals surface area contributed by atoms with Crippen molar-refractivity contribution < 1.29 is 17.9 Å². The van der Waals surface area contributed by atoms with Crippen molar-refractivity contribution in [1.82, 2.24) is 0 Å². The fourth-order valence-electron chi connectivity index (χ4n) is 2.73. The molecule has 0 aromatic heterocycles. The van der Waals surface area contributed by atoms with Crippen molar-refractivity contribution in [3.63, 3.8) is 0 Å². The zero-order valence-electron chi connectivity index (χ0n) is 14.0. The van der Waals surface area contributed by atoms with Gasteiger partial charge >= 0.3 is 0 Å². The molecule has 0 spiro atoms. The zero-order chi connectivity index (χ0) is 18.7. The lowest BCUT2D eigenvalue weighted by molar-refractivity contribution is 0.123. The lowest BCUT2D eigenvalue weighted by atomic mass is 10.2. The number of nitrogens with one attached hydrogen (secondary N) is 1. The van der Waals surface area contributed by atoms with Gasteiger partial charge in [0.05, 0.1) is 31.7 Å². The third-order valence-corrected chi connectivity index (χ3v) is 6.08. The van der Waals surface area contributed by atoms with E-state index < -0.39 is 10.0 Å².